The van der Waals surface area contributed by atoms with Gasteiger partial charge >= 0.3 is 0 Å². The third-order valence-electron chi connectivity index (χ3n) is 4.07. The molecule has 1 aromatic carbocycles. The van der Waals surface area contributed by atoms with Crippen molar-refractivity contribution in [1.82, 2.24) is 14.4 Å². The molecule has 1 N–H and O–H groups in total. The van der Waals surface area contributed by atoms with Crippen molar-refractivity contribution >= 4 is 38.7 Å². The fourth-order valence-corrected chi connectivity index (χ4v) is 4.37. The van der Waals surface area contributed by atoms with Crippen LogP contribution < -0.4 is 14.8 Å². The fraction of sp³-hybridized carbons (Fsp3) is 0.167. The SMILES string of the molecule is Cc1cn2cc(C(=O)Nc3nc(-c4ccc5c(c4)OCCO5)cs3)nc2s1. The molecule has 0 unspecified atom stereocenters. The molecule has 27 heavy (non-hydrogen) atoms. The summed E-state index contributed by atoms with van der Waals surface area (Å²) in [5.41, 5.74) is 2.06. The van der Waals surface area contributed by atoms with E-state index in [9.17, 15) is 4.79 Å². The second kappa shape index (κ2) is 6.36. The van der Waals surface area contributed by atoms with Gasteiger partial charge in [-0.25, -0.2) is 9.97 Å². The van der Waals surface area contributed by atoms with Crippen LogP contribution in [-0.2, 0) is 0 Å². The van der Waals surface area contributed by atoms with Crippen molar-refractivity contribution in [3.63, 3.8) is 0 Å². The first-order valence-corrected chi connectivity index (χ1v) is 9.97. The van der Waals surface area contributed by atoms with E-state index < -0.39 is 0 Å². The van der Waals surface area contributed by atoms with Gasteiger partial charge in [0.2, 0.25) is 0 Å². The van der Waals surface area contributed by atoms with E-state index in [-0.39, 0.29) is 5.91 Å². The molecule has 0 radical (unpaired) electrons. The minimum absolute atomic E-state index is 0.272. The normalized spacial score (nSPS) is 13.1. The topological polar surface area (TPSA) is 77.8 Å². The van der Waals surface area contributed by atoms with Crippen LogP contribution in [0.1, 0.15) is 15.4 Å². The number of fused-ring (bicyclic) bond motifs is 2. The van der Waals surface area contributed by atoms with Gasteiger partial charge in [0, 0.05) is 28.2 Å². The Hall–Kier alpha value is -2.91. The van der Waals surface area contributed by atoms with Gasteiger partial charge in [0.05, 0.1) is 5.69 Å². The van der Waals surface area contributed by atoms with Crippen molar-refractivity contribution in [3.05, 3.63) is 46.5 Å². The molecule has 5 rings (SSSR count). The van der Waals surface area contributed by atoms with Crippen molar-refractivity contribution in [2.75, 3.05) is 18.5 Å². The number of anilines is 1. The molecule has 0 saturated carbocycles. The monoisotopic (exact) mass is 398 g/mol. The number of hydrogen-bond acceptors (Lipinski definition) is 7. The molecule has 1 aliphatic rings. The molecule has 9 heteroatoms. The van der Waals surface area contributed by atoms with Crippen LogP contribution in [0.15, 0.2) is 36.0 Å². The second-order valence-corrected chi connectivity index (χ2v) is 8.08. The van der Waals surface area contributed by atoms with Crippen molar-refractivity contribution in [1.29, 1.82) is 0 Å². The van der Waals surface area contributed by atoms with E-state index in [0.29, 0.717) is 29.8 Å². The second-order valence-electron chi connectivity index (χ2n) is 6.01. The zero-order valence-electron chi connectivity index (χ0n) is 14.3. The number of rotatable bonds is 3. The molecule has 0 fully saturated rings. The average molecular weight is 398 g/mol. The van der Waals surface area contributed by atoms with E-state index in [0.717, 1.165) is 26.8 Å². The summed E-state index contributed by atoms with van der Waals surface area (Å²) < 4.78 is 13.0. The predicted octanol–water partition coefficient (Wildman–Crippen LogP) is 3.85. The number of benzene rings is 1. The lowest BCUT2D eigenvalue weighted by atomic mass is 10.1. The maximum atomic E-state index is 12.5. The summed E-state index contributed by atoms with van der Waals surface area (Å²) >= 11 is 2.92. The summed E-state index contributed by atoms with van der Waals surface area (Å²) in [6, 6.07) is 5.71. The van der Waals surface area contributed by atoms with E-state index in [4.69, 9.17) is 9.47 Å². The minimum Gasteiger partial charge on any atom is -0.486 e. The Morgan fingerprint density at radius 2 is 2.04 bits per heavy atom. The zero-order chi connectivity index (χ0) is 18.4. The number of aromatic nitrogens is 3. The maximum Gasteiger partial charge on any atom is 0.277 e. The quantitative estimate of drug-likeness (QED) is 0.567. The summed E-state index contributed by atoms with van der Waals surface area (Å²) in [5, 5.41) is 5.24. The number of carbonyl (C=O) groups is 1. The molecule has 0 saturated heterocycles. The maximum absolute atomic E-state index is 12.5. The average Bonchev–Trinajstić information content (AvgIpc) is 3.36. The Kier molecular flexibility index (Phi) is 3.83. The molecule has 0 bridgehead atoms. The number of nitrogens with one attached hydrogen (secondary N) is 1. The smallest absolute Gasteiger partial charge is 0.277 e. The molecule has 4 aromatic rings. The van der Waals surface area contributed by atoms with Gasteiger partial charge in [-0.3, -0.25) is 14.5 Å². The van der Waals surface area contributed by atoms with Crippen LogP contribution in [0.5, 0.6) is 11.5 Å². The molecule has 0 aliphatic carbocycles. The van der Waals surface area contributed by atoms with Crippen molar-refractivity contribution in [2.45, 2.75) is 6.92 Å². The van der Waals surface area contributed by atoms with Crippen molar-refractivity contribution < 1.29 is 14.3 Å². The molecule has 1 amide bonds. The standard InChI is InChI=1S/C18H14N4O3S2/c1-10-7-22-8-12(20-18(22)27-10)16(23)21-17-19-13(9-26-17)11-2-3-14-15(6-11)25-5-4-24-14/h2-3,6-9H,4-5H2,1H3,(H,19,21,23). The first kappa shape index (κ1) is 16.3. The molecular weight excluding hydrogens is 384 g/mol. The van der Waals surface area contributed by atoms with Gasteiger partial charge in [-0.1, -0.05) is 0 Å². The van der Waals surface area contributed by atoms with Gasteiger partial charge < -0.3 is 9.47 Å². The Morgan fingerprint density at radius 3 is 2.89 bits per heavy atom. The van der Waals surface area contributed by atoms with Gasteiger partial charge in [0.1, 0.15) is 18.9 Å². The summed E-state index contributed by atoms with van der Waals surface area (Å²) in [6.45, 7) is 3.11. The van der Waals surface area contributed by atoms with Crippen LogP contribution in [0.25, 0.3) is 16.2 Å². The number of ether oxygens (including phenoxy) is 2. The molecule has 136 valence electrons. The van der Waals surface area contributed by atoms with Crippen LogP contribution in [0.4, 0.5) is 5.13 Å². The van der Waals surface area contributed by atoms with Crippen molar-refractivity contribution in [2.24, 2.45) is 0 Å². The highest BCUT2D eigenvalue weighted by Gasteiger charge is 2.16. The number of hydrogen-bond donors (Lipinski definition) is 1. The van der Waals surface area contributed by atoms with E-state index in [1.165, 1.54) is 11.3 Å². The Labute approximate surface area is 162 Å². The van der Waals surface area contributed by atoms with Gasteiger partial charge in [0.25, 0.3) is 5.91 Å². The Morgan fingerprint density at radius 1 is 1.19 bits per heavy atom. The summed E-state index contributed by atoms with van der Waals surface area (Å²) in [7, 11) is 0. The molecule has 0 spiro atoms. The number of thiazole rings is 2. The van der Waals surface area contributed by atoms with Gasteiger partial charge in [-0.05, 0) is 25.1 Å². The first-order valence-electron chi connectivity index (χ1n) is 8.28. The lowest BCUT2D eigenvalue weighted by Crippen LogP contribution is -2.15. The highest BCUT2D eigenvalue weighted by molar-refractivity contribution is 7.17. The minimum atomic E-state index is -0.272. The molecule has 4 heterocycles. The van der Waals surface area contributed by atoms with Crippen LogP contribution in [0.2, 0.25) is 0 Å². The highest BCUT2D eigenvalue weighted by Crippen LogP contribution is 2.35. The Bertz CT molecular complexity index is 1130. The predicted molar refractivity (Wildman–Crippen MR) is 104 cm³/mol. The number of nitrogens with zero attached hydrogens (tertiary/aromatic N) is 3. The molecule has 0 atom stereocenters. The van der Waals surface area contributed by atoms with Crippen molar-refractivity contribution in [3.8, 4) is 22.8 Å². The van der Waals surface area contributed by atoms with E-state index in [1.807, 2.05) is 41.1 Å². The summed E-state index contributed by atoms with van der Waals surface area (Å²) in [5.74, 6) is 1.18. The number of carbonyl (C=O) groups excluding carboxylic acids is 1. The number of aryl methyl sites for hydroxylation is 1. The van der Waals surface area contributed by atoms with Crippen LogP contribution in [0, 0.1) is 6.92 Å². The molecule has 7 nitrogen and oxygen atoms in total. The van der Waals surface area contributed by atoms with Crippen LogP contribution in [0.3, 0.4) is 0 Å². The fourth-order valence-electron chi connectivity index (χ4n) is 2.85. The summed E-state index contributed by atoms with van der Waals surface area (Å²) in [6.07, 6.45) is 3.68. The van der Waals surface area contributed by atoms with E-state index in [1.54, 1.807) is 17.5 Å². The molecule has 1 aliphatic heterocycles. The van der Waals surface area contributed by atoms with Gasteiger partial charge in [0.15, 0.2) is 21.6 Å². The van der Waals surface area contributed by atoms with Gasteiger partial charge in [-0.2, -0.15) is 0 Å². The van der Waals surface area contributed by atoms with Gasteiger partial charge in [-0.15, -0.1) is 22.7 Å². The highest BCUT2D eigenvalue weighted by atomic mass is 32.1. The molecule has 3 aromatic heterocycles. The largest absolute Gasteiger partial charge is 0.486 e. The number of amides is 1. The van der Waals surface area contributed by atoms with E-state index >= 15 is 0 Å². The Balaban J connectivity index is 1.35. The summed E-state index contributed by atoms with van der Waals surface area (Å²) in [4.78, 5) is 23.3. The lowest BCUT2D eigenvalue weighted by molar-refractivity contribution is 0.102. The number of imidazole rings is 1. The lowest BCUT2D eigenvalue weighted by Gasteiger charge is -2.18. The van der Waals surface area contributed by atoms with Crippen LogP contribution in [-0.4, -0.2) is 33.5 Å². The first-order chi connectivity index (χ1) is 13.2. The van der Waals surface area contributed by atoms with Crippen LogP contribution >= 0.6 is 22.7 Å². The van der Waals surface area contributed by atoms with E-state index in [2.05, 4.69) is 15.3 Å². The zero-order valence-corrected chi connectivity index (χ0v) is 15.9. The third kappa shape index (κ3) is 3.04. The third-order valence-corrected chi connectivity index (χ3v) is 5.74. The molecular formula is C18H14N4O3S2.